The highest BCUT2D eigenvalue weighted by Crippen LogP contribution is 2.22. The van der Waals surface area contributed by atoms with Crippen LogP contribution in [-0.2, 0) is 0 Å². The molecule has 0 saturated heterocycles. The highest BCUT2D eigenvalue weighted by molar-refractivity contribution is 7.80. The summed E-state index contributed by atoms with van der Waals surface area (Å²) in [5, 5.41) is 6.12. The Morgan fingerprint density at radius 1 is 1.38 bits per heavy atom. The van der Waals surface area contributed by atoms with Crippen LogP contribution in [0.1, 0.15) is 0 Å². The fourth-order valence-electron chi connectivity index (χ4n) is 1.21. The van der Waals surface area contributed by atoms with E-state index < -0.39 is 0 Å². The van der Waals surface area contributed by atoms with Crippen molar-refractivity contribution in [2.24, 2.45) is 5.84 Å². The summed E-state index contributed by atoms with van der Waals surface area (Å²) in [5.41, 5.74) is 4.36. The topological polar surface area (TPSA) is 77.1 Å². The number of benzene rings is 1. The normalized spacial score (nSPS) is 9.81. The Labute approximate surface area is 102 Å². The summed E-state index contributed by atoms with van der Waals surface area (Å²) in [7, 11) is 0. The predicted octanol–water partition coefficient (Wildman–Crippen LogP) is 0.784. The molecule has 5 N–H and O–H groups in total. The van der Waals surface area contributed by atoms with E-state index in [0.717, 1.165) is 16.1 Å². The number of hydrogen-bond donors (Lipinski definition) is 3. The van der Waals surface area contributed by atoms with Crippen LogP contribution in [0.25, 0.3) is 10.4 Å². The summed E-state index contributed by atoms with van der Waals surface area (Å²) in [4.78, 5) is 1.09. The number of nitrogens with zero attached hydrogens (tertiary/aromatic N) is 1. The summed E-state index contributed by atoms with van der Waals surface area (Å²) >= 11 is 6.31. The molecule has 2 rings (SSSR count). The minimum absolute atomic E-state index is 0.388. The lowest BCUT2D eigenvalue weighted by Crippen LogP contribution is -2.34. The molecule has 5 nitrogen and oxygen atoms in total. The van der Waals surface area contributed by atoms with Crippen LogP contribution in [0.4, 0.5) is 5.69 Å². The van der Waals surface area contributed by atoms with Gasteiger partial charge in [0, 0.05) is 17.2 Å². The van der Waals surface area contributed by atoms with E-state index in [1.165, 1.54) is 11.5 Å². The van der Waals surface area contributed by atoms with E-state index in [1.54, 1.807) is 0 Å². The molecule has 0 spiro atoms. The predicted molar refractivity (Wildman–Crippen MR) is 67.6 cm³/mol. The zero-order chi connectivity index (χ0) is 11.4. The maximum atomic E-state index is 5.16. The smallest absolute Gasteiger partial charge is 0.214 e. The van der Waals surface area contributed by atoms with Gasteiger partial charge in [-0.2, -0.15) is 0 Å². The Morgan fingerprint density at radius 3 is 2.69 bits per heavy atom. The van der Waals surface area contributed by atoms with E-state index in [-0.39, 0.29) is 0 Å². The molecule has 0 fully saturated rings. The number of H-pyrrole nitrogens is 1. The minimum Gasteiger partial charge on any atom is -0.332 e. The van der Waals surface area contributed by atoms with Crippen molar-refractivity contribution < 1.29 is 5.10 Å². The quantitative estimate of drug-likeness (QED) is 0.418. The number of rotatable bonds is 2. The average Bonchev–Trinajstić information content (AvgIpc) is 2.83. The lowest BCUT2D eigenvalue weighted by molar-refractivity contribution is -0.442. The molecule has 0 aliphatic rings. The molecule has 0 saturated carbocycles. The summed E-state index contributed by atoms with van der Waals surface area (Å²) in [6.45, 7) is 0. The maximum absolute atomic E-state index is 5.16. The van der Waals surface area contributed by atoms with E-state index in [2.05, 4.69) is 20.3 Å². The monoisotopic (exact) mass is 252 g/mol. The maximum Gasteiger partial charge on any atom is 0.214 e. The van der Waals surface area contributed by atoms with Crippen molar-refractivity contribution >= 4 is 34.6 Å². The van der Waals surface area contributed by atoms with Crippen molar-refractivity contribution in [2.75, 3.05) is 5.32 Å². The van der Waals surface area contributed by atoms with Crippen LogP contribution in [0.3, 0.4) is 0 Å². The molecule has 0 radical (unpaired) electrons. The second kappa shape index (κ2) is 4.97. The first-order valence-corrected chi connectivity index (χ1v) is 5.68. The van der Waals surface area contributed by atoms with Gasteiger partial charge in [0.25, 0.3) is 0 Å². The molecule has 0 aliphatic carbocycles. The van der Waals surface area contributed by atoms with Gasteiger partial charge in [-0.3, -0.25) is 0 Å². The van der Waals surface area contributed by atoms with Gasteiger partial charge in [-0.15, -0.1) is 0 Å². The number of hydrazine groups is 1. The number of nitrogens with one attached hydrogen (secondary N) is 3. The molecule has 82 valence electrons. The van der Waals surface area contributed by atoms with Gasteiger partial charge in [0.05, 0.1) is 4.49 Å². The zero-order valence-electron chi connectivity index (χ0n) is 8.23. The van der Waals surface area contributed by atoms with Gasteiger partial charge in [0.15, 0.2) is 5.11 Å². The largest absolute Gasteiger partial charge is 0.332 e. The summed E-state index contributed by atoms with van der Waals surface area (Å²) < 4.78 is 3.94. The molecule has 1 aromatic heterocycles. The molecule has 2 aromatic rings. The molecule has 1 heterocycles. The molecule has 0 bridgehead atoms. The lowest BCUT2D eigenvalue weighted by Gasteiger charge is -2.06. The Morgan fingerprint density at radius 2 is 2.12 bits per heavy atom. The highest BCUT2D eigenvalue weighted by atomic mass is 32.1. The van der Waals surface area contributed by atoms with E-state index in [1.807, 2.05) is 30.5 Å². The molecular formula is C9H10N5S2+. The van der Waals surface area contributed by atoms with E-state index >= 15 is 0 Å². The number of anilines is 1. The van der Waals surface area contributed by atoms with Gasteiger partial charge in [0.1, 0.15) is 4.88 Å². The van der Waals surface area contributed by atoms with Crippen LogP contribution >= 0.6 is 23.8 Å². The van der Waals surface area contributed by atoms with Crippen molar-refractivity contribution in [2.45, 2.75) is 0 Å². The van der Waals surface area contributed by atoms with Crippen LogP contribution in [0.2, 0.25) is 0 Å². The van der Waals surface area contributed by atoms with Gasteiger partial charge < -0.3 is 10.7 Å². The molecule has 0 amide bonds. The van der Waals surface area contributed by atoms with Crippen LogP contribution in [0.15, 0.2) is 30.5 Å². The molecule has 0 aliphatic heterocycles. The fourth-order valence-corrected chi connectivity index (χ4v) is 1.88. The number of hydrogen-bond acceptors (Lipinski definition) is 4. The number of aromatic amines is 1. The molecular weight excluding hydrogens is 242 g/mol. The number of aromatic nitrogens is 2. The van der Waals surface area contributed by atoms with Crippen molar-refractivity contribution in [1.29, 1.82) is 0 Å². The zero-order valence-corrected chi connectivity index (χ0v) is 9.86. The fraction of sp³-hybridized carbons (Fsp3) is 0. The van der Waals surface area contributed by atoms with E-state index in [0.29, 0.717) is 5.11 Å². The Kier molecular flexibility index (Phi) is 3.40. The van der Waals surface area contributed by atoms with Gasteiger partial charge in [0.2, 0.25) is 6.20 Å². The first kappa shape index (κ1) is 10.9. The molecule has 0 unspecified atom stereocenters. The van der Waals surface area contributed by atoms with E-state index in [9.17, 15) is 0 Å². The number of nitrogens with two attached hydrogens (primary N) is 1. The van der Waals surface area contributed by atoms with Gasteiger partial charge in [-0.25, -0.2) is 5.84 Å². The van der Waals surface area contributed by atoms with Crippen LogP contribution in [0, 0.1) is 0 Å². The summed E-state index contributed by atoms with van der Waals surface area (Å²) in [6.07, 6.45) is 1.86. The van der Waals surface area contributed by atoms with E-state index in [4.69, 9.17) is 18.1 Å². The lowest BCUT2D eigenvalue weighted by atomic mass is 10.2. The Hall–Kier alpha value is -1.57. The standard InChI is InChI=1S/C9H9N5S2/c10-13-9(15)12-7-3-1-6(2-4-7)8-5-11-14-16-8/h1-5H,10H2,(H2,12,13,15)/p+1. The third kappa shape index (κ3) is 2.51. The van der Waals surface area contributed by atoms with Crippen molar-refractivity contribution in [1.82, 2.24) is 9.91 Å². The third-order valence-electron chi connectivity index (χ3n) is 1.95. The van der Waals surface area contributed by atoms with Crippen LogP contribution in [0.5, 0.6) is 0 Å². The van der Waals surface area contributed by atoms with Crippen molar-refractivity contribution in [3.63, 3.8) is 0 Å². The van der Waals surface area contributed by atoms with Gasteiger partial charge in [-0.1, -0.05) is 17.2 Å². The third-order valence-corrected chi connectivity index (χ3v) is 2.92. The molecule has 1 aromatic carbocycles. The van der Waals surface area contributed by atoms with Crippen LogP contribution < -0.4 is 21.7 Å². The average molecular weight is 252 g/mol. The molecule has 16 heavy (non-hydrogen) atoms. The van der Waals surface area contributed by atoms with Crippen LogP contribution in [-0.4, -0.2) is 9.60 Å². The summed E-state index contributed by atoms with van der Waals surface area (Å²) in [5.74, 6) is 5.16. The molecule has 0 atom stereocenters. The Balaban J connectivity index is 2.14. The van der Waals surface area contributed by atoms with Crippen molar-refractivity contribution in [3.8, 4) is 10.4 Å². The van der Waals surface area contributed by atoms with Gasteiger partial charge >= 0.3 is 0 Å². The SMILES string of the molecule is NNC(=S)Nc1ccc(-c2c[nH+]ns2)cc1. The minimum atomic E-state index is 0.388. The summed E-state index contributed by atoms with van der Waals surface area (Å²) in [6, 6.07) is 7.84. The molecule has 7 heteroatoms. The van der Waals surface area contributed by atoms with Crippen molar-refractivity contribution in [3.05, 3.63) is 30.5 Å². The Bertz CT molecular complexity index is 465. The first-order valence-electron chi connectivity index (χ1n) is 4.50. The second-order valence-corrected chi connectivity index (χ2v) is 4.21. The second-order valence-electron chi connectivity index (χ2n) is 3.00. The first-order chi connectivity index (χ1) is 7.79. The van der Waals surface area contributed by atoms with Gasteiger partial charge in [-0.05, 0) is 29.9 Å². The highest BCUT2D eigenvalue weighted by Gasteiger charge is 2.04. The number of thiocarbonyl (C=S) groups is 1.